The third-order valence-corrected chi connectivity index (χ3v) is 5.89. The van der Waals surface area contributed by atoms with Gasteiger partial charge in [-0.3, -0.25) is 4.79 Å². The van der Waals surface area contributed by atoms with Crippen molar-refractivity contribution in [2.24, 2.45) is 23.5 Å². The number of rotatable bonds is 10. The molecular weight excluding hydrogens is 444 g/mol. The number of esters is 1. The van der Waals surface area contributed by atoms with E-state index >= 15 is 0 Å². The Labute approximate surface area is 202 Å². The van der Waals surface area contributed by atoms with Crippen molar-refractivity contribution in [1.29, 1.82) is 0 Å². The lowest BCUT2D eigenvalue weighted by Gasteiger charge is -2.27. The average Bonchev–Trinajstić information content (AvgIpc) is 3.18. The van der Waals surface area contributed by atoms with E-state index in [1.807, 2.05) is 33.1 Å². The third kappa shape index (κ3) is 11.5. The number of amides is 2. The molecule has 1 aromatic heterocycles. The van der Waals surface area contributed by atoms with Crippen LogP contribution in [0.25, 0.3) is 0 Å². The Morgan fingerprint density at radius 3 is 2.03 bits per heavy atom. The number of carbonyl (C=O) groups excluding carboxylic acids is 2. The van der Waals surface area contributed by atoms with Crippen molar-refractivity contribution in [2.75, 3.05) is 13.7 Å². The van der Waals surface area contributed by atoms with Gasteiger partial charge in [0.2, 0.25) is 0 Å². The molecule has 10 heteroatoms. The molecule has 1 heterocycles. The monoisotopic (exact) mass is 486 g/mol. The van der Waals surface area contributed by atoms with Crippen molar-refractivity contribution in [3.63, 3.8) is 0 Å². The molecule has 190 valence electrons. The number of carboxylic acids is 1. The molecule has 2 amide bonds. The molecule has 0 aromatic carbocycles. The number of carboxylic acid groups (broad SMARTS) is 1. The summed E-state index contributed by atoms with van der Waals surface area (Å²) in [6.45, 7) is 16.5. The van der Waals surface area contributed by atoms with Gasteiger partial charge < -0.3 is 25.8 Å². The highest BCUT2D eigenvalue weighted by Gasteiger charge is 2.26. The van der Waals surface area contributed by atoms with Crippen LogP contribution < -0.4 is 11.1 Å². The Balaban J connectivity index is 0.000000960. The Morgan fingerprint density at radius 2 is 1.70 bits per heavy atom. The number of aromatic nitrogens is 1. The Bertz CT molecular complexity index is 749. The van der Waals surface area contributed by atoms with Crippen LogP contribution in [0.1, 0.15) is 72.0 Å². The van der Waals surface area contributed by atoms with Crippen LogP contribution in [-0.4, -0.2) is 58.7 Å². The maximum absolute atomic E-state index is 12.6. The van der Waals surface area contributed by atoms with Gasteiger partial charge in [0, 0.05) is 17.8 Å². The van der Waals surface area contributed by atoms with Gasteiger partial charge in [-0.25, -0.2) is 14.6 Å². The fourth-order valence-electron chi connectivity index (χ4n) is 2.66. The van der Waals surface area contributed by atoms with Gasteiger partial charge in [-0.2, -0.15) is 0 Å². The van der Waals surface area contributed by atoms with Crippen LogP contribution in [0.5, 0.6) is 0 Å². The zero-order valence-electron chi connectivity index (χ0n) is 21.4. The van der Waals surface area contributed by atoms with Gasteiger partial charge in [0.05, 0.1) is 24.4 Å². The number of aliphatic carboxylic acids is 1. The van der Waals surface area contributed by atoms with Crippen molar-refractivity contribution in [1.82, 2.24) is 15.2 Å². The quantitative estimate of drug-likeness (QED) is 0.429. The first-order chi connectivity index (χ1) is 15.2. The maximum Gasteiger partial charge on any atom is 0.326 e. The van der Waals surface area contributed by atoms with E-state index in [4.69, 9.17) is 5.73 Å². The van der Waals surface area contributed by atoms with E-state index in [1.165, 1.54) is 7.11 Å². The van der Waals surface area contributed by atoms with Crippen LogP contribution in [0, 0.1) is 17.8 Å². The zero-order chi connectivity index (χ0) is 25.9. The predicted octanol–water partition coefficient (Wildman–Crippen LogP) is 3.69. The summed E-state index contributed by atoms with van der Waals surface area (Å²) in [5.41, 5.74) is 6.24. The molecule has 0 aliphatic heterocycles. The zero-order valence-corrected chi connectivity index (χ0v) is 22.2. The summed E-state index contributed by atoms with van der Waals surface area (Å²) >= 11 is 1.59. The molecule has 4 N–H and O–H groups in total. The first-order valence-corrected chi connectivity index (χ1v) is 12.1. The molecule has 1 rings (SSSR count). The summed E-state index contributed by atoms with van der Waals surface area (Å²) in [5.74, 6) is -0.755. The Morgan fingerprint density at radius 1 is 1.12 bits per heavy atom. The smallest absolute Gasteiger partial charge is 0.326 e. The third-order valence-electron chi connectivity index (χ3n) is 4.69. The summed E-state index contributed by atoms with van der Waals surface area (Å²) in [6, 6.07) is -1.73. The van der Waals surface area contributed by atoms with Gasteiger partial charge in [-0.15, -0.1) is 11.3 Å². The summed E-state index contributed by atoms with van der Waals surface area (Å²) in [6.07, 6.45) is 0. The molecule has 0 radical (unpaired) electrons. The molecule has 0 saturated heterocycles. The van der Waals surface area contributed by atoms with Crippen molar-refractivity contribution in [2.45, 2.75) is 79.9 Å². The van der Waals surface area contributed by atoms with Crippen molar-refractivity contribution >= 4 is 29.3 Å². The maximum atomic E-state index is 12.6. The number of urea groups is 1. The van der Waals surface area contributed by atoms with Crippen LogP contribution in [0.15, 0.2) is 5.38 Å². The summed E-state index contributed by atoms with van der Waals surface area (Å²) in [7, 11) is 1.34. The van der Waals surface area contributed by atoms with E-state index in [-0.39, 0.29) is 29.8 Å². The number of carbonyl (C=O) groups is 3. The molecule has 9 nitrogen and oxygen atoms in total. The van der Waals surface area contributed by atoms with Crippen LogP contribution in [0.3, 0.4) is 0 Å². The molecular formula is C23H42N4O5S. The number of methoxy groups -OCH3 is 1. The van der Waals surface area contributed by atoms with Crippen molar-refractivity contribution in [3.05, 3.63) is 16.1 Å². The van der Waals surface area contributed by atoms with E-state index < -0.39 is 18.1 Å². The van der Waals surface area contributed by atoms with Gasteiger partial charge in [-0.1, -0.05) is 55.4 Å². The highest BCUT2D eigenvalue weighted by Crippen LogP contribution is 2.20. The van der Waals surface area contributed by atoms with Gasteiger partial charge in [-0.05, 0) is 17.8 Å². The molecule has 0 fully saturated rings. The Hall–Kier alpha value is -2.20. The second-order valence-electron chi connectivity index (χ2n) is 9.41. The van der Waals surface area contributed by atoms with Crippen LogP contribution in [-0.2, 0) is 20.9 Å². The number of hydrogen-bond donors (Lipinski definition) is 3. The molecule has 0 aliphatic rings. The first-order valence-electron chi connectivity index (χ1n) is 11.3. The van der Waals surface area contributed by atoms with Gasteiger partial charge in [0.1, 0.15) is 12.1 Å². The number of ether oxygens (including phenoxy) is 1. The highest BCUT2D eigenvalue weighted by atomic mass is 32.1. The standard InChI is InChI=1S/C17H29N3O3S.C6H13NO2/c1-10(2)7-20(8-13-9-24-15(18-13)12(5)6)17(23)19-14(11(3)4)16(21)22;1-4(2)5(7)6(8)9-3/h9-12,14H,7-8H2,1-6H3,(H,19,23)(H,21,22);4-5H,7H2,1-3H3/t14-;/m0./s1. The highest BCUT2D eigenvalue weighted by molar-refractivity contribution is 7.09. The van der Waals surface area contributed by atoms with E-state index in [2.05, 4.69) is 28.9 Å². The predicted molar refractivity (Wildman–Crippen MR) is 131 cm³/mol. The normalized spacial score (nSPS) is 12.9. The van der Waals surface area contributed by atoms with Crippen molar-refractivity contribution in [3.8, 4) is 0 Å². The first kappa shape index (κ1) is 30.8. The van der Waals surface area contributed by atoms with E-state index in [9.17, 15) is 19.5 Å². The van der Waals surface area contributed by atoms with Gasteiger partial charge >= 0.3 is 18.0 Å². The van der Waals surface area contributed by atoms with Crippen LogP contribution in [0.2, 0.25) is 0 Å². The molecule has 1 aromatic rings. The number of hydrogen-bond acceptors (Lipinski definition) is 7. The largest absolute Gasteiger partial charge is 0.480 e. The van der Waals surface area contributed by atoms with Crippen LogP contribution in [0.4, 0.5) is 4.79 Å². The summed E-state index contributed by atoms with van der Waals surface area (Å²) < 4.78 is 4.41. The molecule has 0 aliphatic carbocycles. The molecule has 0 saturated carbocycles. The lowest BCUT2D eigenvalue weighted by molar-refractivity contribution is -0.143. The second-order valence-corrected chi connectivity index (χ2v) is 10.3. The minimum Gasteiger partial charge on any atom is -0.480 e. The topological polar surface area (TPSA) is 135 Å². The fourth-order valence-corrected chi connectivity index (χ4v) is 3.49. The minimum absolute atomic E-state index is 0.150. The lowest BCUT2D eigenvalue weighted by atomic mass is 10.1. The molecule has 0 bridgehead atoms. The van der Waals surface area contributed by atoms with Crippen molar-refractivity contribution < 1.29 is 24.2 Å². The van der Waals surface area contributed by atoms with Gasteiger partial charge in [0.15, 0.2) is 0 Å². The molecule has 2 atom stereocenters. The lowest BCUT2D eigenvalue weighted by Crippen LogP contribution is -2.50. The van der Waals surface area contributed by atoms with Crippen LogP contribution >= 0.6 is 11.3 Å². The minimum atomic E-state index is -1.02. The molecule has 33 heavy (non-hydrogen) atoms. The molecule has 1 unspecified atom stereocenters. The molecule has 0 spiro atoms. The fraction of sp³-hybridized carbons (Fsp3) is 0.739. The number of nitrogens with zero attached hydrogens (tertiary/aromatic N) is 2. The van der Waals surface area contributed by atoms with Gasteiger partial charge in [0.25, 0.3) is 0 Å². The van der Waals surface area contributed by atoms with E-state index in [1.54, 1.807) is 30.1 Å². The Kier molecular flexibility index (Phi) is 13.9. The average molecular weight is 487 g/mol. The number of nitrogens with one attached hydrogen (secondary N) is 1. The SMILES string of the molecule is CC(C)CN(Cc1csc(C(C)C)n1)C(=O)N[C@H](C(=O)O)C(C)C.COC(=O)C(N)C(C)C. The van der Waals surface area contributed by atoms with E-state index in [0.29, 0.717) is 19.0 Å². The second kappa shape index (κ2) is 14.8. The van der Waals surface area contributed by atoms with E-state index in [0.717, 1.165) is 10.7 Å². The summed E-state index contributed by atoms with van der Waals surface area (Å²) in [4.78, 5) is 40.7. The number of nitrogens with two attached hydrogens (primary N) is 1. The summed E-state index contributed by atoms with van der Waals surface area (Å²) in [5, 5.41) is 14.9. The number of thiazole rings is 1.